The molecule has 108 valence electrons. The molecule has 0 N–H and O–H groups in total. The molecular weight excluding hydrogens is 316 g/mol. The van der Waals surface area contributed by atoms with Crippen LogP contribution in [-0.4, -0.2) is 27.5 Å². The van der Waals surface area contributed by atoms with Crippen molar-refractivity contribution in [2.24, 2.45) is 0 Å². The van der Waals surface area contributed by atoms with Crippen LogP contribution < -0.4 is 0 Å². The van der Waals surface area contributed by atoms with E-state index in [2.05, 4.69) is 6.58 Å². The minimum Gasteiger partial charge on any atom is -0.268 e. The first-order chi connectivity index (χ1) is 9.93. The fraction of sp³-hybridized carbons (Fsp3) is 0.0769. The van der Waals surface area contributed by atoms with Gasteiger partial charge in [-0.05, 0) is 29.5 Å². The van der Waals surface area contributed by atoms with Crippen LogP contribution in [0.4, 0.5) is 10.5 Å². The van der Waals surface area contributed by atoms with Gasteiger partial charge in [0.15, 0.2) is 0 Å². The normalized spacial score (nSPS) is 16.6. The van der Waals surface area contributed by atoms with Crippen molar-refractivity contribution in [2.75, 3.05) is 6.54 Å². The SMILES string of the molecule is C=CCN1C(=O)S/C(=C/c2ccc(Cl)c([N+](=O)[O-])c2)C1=O. The van der Waals surface area contributed by atoms with Crippen molar-refractivity contribution < 1.29 is 14.5 Å². The van der Waals surface area contributed by atoms with Gasteiger partial charge in [-0.25, -0.2) is 0 Å². The van der Waals surface area contributed by atoms with E-state index in [9.17, 15) is 19.7 Å². The van der Waals surface area contributed by atoms with E-state index < -0.39 is 16.1 Å². The molecule has 1 aromatic carbocycles. The Hall–Kier alpha value is -2.12. The second kappa shape index (κ2) is 6.11. The second-order valence-corrected chi connectivity index (χ2v) is 5.45. The highest BCUT2D eigenvalue weighted by molar-refractivity contribution is 8.18. The third kappa shape index (κ3) is 3.14. The van der Waals surface area contributed by atoms with E-state index in [-0.39, 0.29) is 22.2 Å². The molecule has 1 aromatic rings. The molecule has 0 aliphatic carbocycles. The maximum absolute atomic E-state index is 12.0. The Morgan fingerprint density at radius 1 is 1.43 bits per heavy atom. The van der Waals surface area contributed by atoms with Crippen LogP contribution in [0.25, 0.3) is 6.08 Å². The van der Waals surface area contributed by atoms with E-state index in [1.165, 1.54) is 30.4 Å². The number of nitrogens with zero attached hydrogens (tertiary/aromatic N) is 2. The zero-order valence-corrected chi connectivity index (χ0v) is 12.2. The number of nitro groups is 1. The zero-order chi connectivity index (χ0) is 15.6. The first-order valence-corrected chi connectivity index (χ1v) is 6.93. The third-order valence-corrected chi connectivity index (χ3v) is 3.88. The summed E-state index contributed by atoms with van der Waals surface area (Å²) < 4.78 is 0. The summed E-state index contributed by atoms with van der Waals surface area (Å²) in [5.74, 6) is -0.442. The summed E-state index contributed by atoms with van der Waals surface area (Å²) in [6.07, 6.45) is 2.88. The Bertz CT molecular complexity index is 687. The molecule has 0 aromatic heterocycles. The van der Waals surface area contributed by atoms with Crippen LogP contribution in [0.1, 0.15) is 5.56 Å². The first-order valence-electron chi connectivity index (χ1n) is 5.74. The molecule has 0 unspecified atom stereocenters. The molecule has 0 radical (unpaired) electrons. The number of benzene rings is 1. The largest absolute Gasteiger partial charge is 0.293 e. The van der Waals surface area contributed by atoms with Crippen LogP contribution >= 0.6 is 23.4 Å². The summed E-state index contributed by atoms with van der Waals surface area (Å²) in [4.78, 5) is 35.1. The quantitative estimate of drug-likeness (QED) is 0.366. The topological polar surface area (TPSA) is 80.5 Å². The Labute approximate surface area is 129 Å². The monoisotopic (exact) mass is 324 g/mol. The Morgan fingerprint density at radius 2 is 2.14 bits per heavy atom. The fourth-order valence-electron chi connectivity index (χ4n) is 1.70. The Kier molecular flexibility index (Phi) is 4.44. The maximum Gasteiger partial charge on any atom is 0.293 e. The number of hydrogen-bond donors (Lipinski definition) is 0. The second-order valence-electron chi connectivity index (χ2n) is 4.05. The average Bonchev–Trinajstić information content (AvgIpc) is 2.69. The van der Waals surface area contributed by atoms with Crippen molar-refractivity contribution in [3.63, 3.8) is 0 Å². The van der Waals surface area contributed by atoms with Gasteiger partial charge in [0.25, 0.3) is 16.8 Å². The molecular formula is C13H9ClN2O4S. The van der Waals surface area contributed by atoms with E-state index in [1.807, 2.05) is 0 Å². The van der Waals surface area contributed by atoms with E-state index in [0.717, 1.165) is 16.7 Å². The summed E-state index contributed by atoms with van der Waals surface area (Å²) in [6, 6.07) is 4.17. The summed E-state index contributed by atoms with van der Waals surface area (Å²) in [6.45, 7) is 3.61. The van der Waals surface area contributed by atoms with Gasteiger partial charge in [0.1, 0.15) is 5.02 Å². The number of halogens is 1. The number of amides is 2. The molecule has 1 fully saturated rings. The molecule has 21 heavy (non-hydrogen) atoms. The molecule has 0 atom stereocenters. The molecule has 8 heteroatoms. The molecule has 2 rings (SSSR count). The minimum atomic E-state index is -0.608. The molecule has 1 aliphatic rings. The van der Waals surface area contributed by atoms with Crippen molar-refractivity contribution in [3.05, 3.63) is 56.5 Å². The van der Waals surface area contributed by atoms with Crippen molar-refractivity contribution in [1.29, 1.82) is 0 Å². The van der Waals surface area contributed by atoms with Gasteiger partial charge in [-0.15, -0.1) is 6.58 Å². The summed E-state index contributed by atoms with van der Waals surface area (Å²) in [7, 11) is 0. The number of rotatable bonds is 4. The van der Waals surface area contributed by atoms with Crippen LogP contribution in [0, 0.1) is 10.1 Å². The van der Waals surface area contributed by atoms with Crippen LogP contribution in [0.5, 0.6) is 0 Å². The lowest BCUT2D eigenvalue weighted by molar-refractivity contribution is -0.384. The van der Waals surface area contributed by atoms with Crippen LogP contribution in [0.3, 0.4) is 0 Å². The van der Waals surface area contributed by atoms with E-state index >= 15 is 0 Å². The molecule has 1 aliphatic heterocycles. The number of carbonyl (C=O) groups excluding carboxylic acids is 2. The highest BCUT2D eigenvalue weighted by Crippen LogP contribution is 2.33. The maximum atomic E-state index is 12.0. The average molecular weight is 325 g/mol. The predicted molar refractivity (Wildman–Crippen MR) is 81.0 cm³/mol. The van der Waals surface area contributed by atoms with E-state index in [0.29, 0.717) is 5.56 Å². The van der Waals surface area contributed by atoms with Crippen LogP contribution in [-0.2, 0) is 4.79 Å². The van der Waals surface area contributed by atoms with Gasteiger partial charge in [-0.3, -0.25) is 24.6 Å². The van der Waals surface area contributed by atoms with E-state index in [4.69, 9.17) is 11.6 Å². The number of carbonyl (C=O) groups is 2. The smallest absolute Gasteiger partial charge is 0.268 e. The summed E-state index contributed by atoms with van der Waals surface area (Å²) in [5.41, 5.74) is 0.172. The highest BCUT2D eigenvalue weighted by atomic mass is 35.5. The number of nitro benzene ring substituents is 1. The molecule has 1 heterocycles. The van der Waals surface area contributed by atoms with Crippen LogP contribution in [0.15, 0.2) is 35.8 Å². The predicted octanol–water partition coefficient (Wildman–Crippen LogP) is 3.47. The molecule has 0 spiro atoms. The minimum absolute atomic E-state index is 0.0110. The molecule has 6 nitrogen and oxygen atoms in total. The van der Waals surface area contributed by atoms with Gasteiger partial charge < -0.3 is 0 Å². The third-order valence-electron chi connectivity index (χ3n) is 2.65. The van der Waals surface area contributed by atoms with Crippen LogP contribution in [0.2, 0.25) is 5.02 Å². The molecule has 0 saturated carbocycles. The van der Waals surface area contributed by atoms with Gasteiger partial charge in [-0.1, -0.05) is 23.7 Å². The van der Waals surface area contributed by atoms with Crippen molar-refractivity contribution in [1.82, 2.24) is 4.90 Å². The van der Waals surface area contributed by atoms with Gasteiger partial charge in [0.05, 0.1) is 9.83 Å². The molecule has 2 amide bonds. The zero-order valence-electron chi connectivity index (χ0n) is 10.6. The number of imide groups is 1. The van der Waals surface area contributed by atoms with Gasteiger partial charge >= 0.3 is 0 Å². The Morgan fingerprint density at radius 3 is 2.76 bits per heavy atom. The number of hydrogen-bond acceptors (Lipinski definition) is 5. The Balaban J connectivity index is 2.35. The molecule has 0 bridgehead atoms. The standard InChI is InChI=1S/C13H9ClN2O4S/c1-2-5-15-12(17)11(21-13(15)18)7-8-3-4-9(14)10(6-8)16(19)20/h2-4,6-7H,1,5H2/b11-7+. The lowest BCUT2D eigenvalue weighted by atomic mass is 10.2. The van der Waals surface area contributed by atoms with Crippen molar-refractivity contribution in [2.45, 2.75) is 0 Å². The van der Waals surface area contributed by atoms with Gasteiger partial charge in [0.2, 0.25) is 0 Å². The van der Waals surface area contributed by atoms with E-state index in [1.54, 1.807) is 0 Å². The lowest BCUT2D eigenvalue weighted by Gasteiger charge is -2.07. The summed E-state index contributed by atoms with van der Waals surface area (Å²) in [5, 5.41) is 10.4. The van der Waals surface area contributed by atoms with Gasteiger partial charge in [0, 0.05) is 12.6 Å². The summed E-state index contributed by atoms with van der Waals surface area (Å²) >= 11 is 6.50. The molecule has 1 saturated heterocycles. The van der Waals surface area contributed by atoms with Crippen molar-refractivity contribution in [3.8, 4) is 0 Å². The highest BCUT2D eigenvalue weighted by Gasteiger charge is 2.34. The van der Waals surface area contributed by atoms with Crippen molar-refractivity contribution >= 4 is 46.3 Å². The lowest BCUT2D eigenvalue weighted by Crippen LogP contribution is -2.27. The van der Waals surface area contributed by atoms with Gasteiger partial charge in [-0.2, -0.15) is 0 Å². The number of thioether (sulfide) groups is 1. The first kappa shape index (κ1) is 15.3. The fourth-order valence-corrected chi connectivity index (χ4v) is 2.73.